The third-order valence-electron chi connectivity index (χ3n) is 6.12. The Bertz CT molecular complexity index is 1160. The van der Waals surface area contributed by atoms with E-state index >= 15 is 0 Å². The molecule has 2 aliphatic rings. The van der Waals surface area contributed by atoms with E-state index in [2.05, 4.69) is 17.1 Å². The molecule has 8 heteroatoms. The van der Waals surface area contributed by atoms with Crippen LogP contribution < -0.4 is 10.5 Å². The highest BCUT2D eigenvalue weighted by Gasteiger charge is 2.43. The van der Waals surface area contributed by atoms with Gasteiger partial charge in [0.1, 0.15) is 11.1 Å². The van der Waals surface area contributed by atoms with E-state index in [1.165, 1.54) is 18.4 Å². The summed E-state index contributed by atoms with van der Waals surface area (Å²) in [5.41, 5.74) is 9.49. The first-order valence-corrected chi connectivity index (χ1v) is 10.4. The predicted molar refractivity (Wildman–Crippen MR) is 112 cm³/mol. The predicted octanol–water partition coefficient (Wildman–Crippen LogP) is 2.99. The van der Waals surface area contributed by atoms with E-state index in [9.17, 15) is 4.79 Å². The molecule has 0 radical (unpaired) electrons. The monoisotopic (exact) mass is 406 g/mol. The third-order valence-corrected chi connectivity index (χ3v) is 6.12. The van der Waals surface area contributed by atoms with Gasteiger partial charge in [0.15, 0.2) is 0 Å². The Hall–Kier alpha value is -3.16. The van der Waals surface area contributed by atoms with Crippen molar-refractivity contribution in [3.05, 3.63) is 42.0 Å². The van der Waals surface area contributed by atoms with Gasteiger partial charge in [0.2, 0.25) is 11.8 Å². The minimum atomic E-state index is -0.370. The lowest BCUT2D eigenvalue weighted by molar-refractivity contribution is -0.114. The molecule has 5 rings (SSSR count). The first kappa shape index (κ1) is 18.8. The lowest BCUT2D eigenvalue weighted by Gasteiger charge is -2.43. The molecule has 156 valence electrons. The number of ether oxygens (including phenoxy) is 1. The highest BCUT2D eigenvalue weighted by Crippen LogP contribution is 2.46. The van der Waals surface area contributed by atoms with Crippen LogP contribution >= 0.6 is 0 Å². The number of nitrogens with two attached hydrogens (primary N) is 1. The normalized spacial score (nSPS) is 24.1. The van der Waals surface area contributed by atoms with E-state index in [0.717, 1.165) is 29.6 Å². The highest BCUT2D eigenvalue weighted by molar-refractivity contribution is 5.91. The van der Waals surface area contributed by atoms with Gasteiger partial charge in [-0.1, -0.05) is 6.08 Å². The number of rotatable bonds is 6. The molecule has 0 atom stereocenters. The van der Waals surface area contributed by atoms with Crippen molar-refractivity contribution in [1.29, 1.82) is 0 Å². The first-order valence-electron chi connectivity index (χ1n) is 10.4. The maximum atomic E-state index is 11.3. The molecule has 2 saturated carbocycles. The molecule has 3 heterocycles. The number of carbonyl (C=O) groups is 1. The van der Waals surface area contributed by atoms with Gasteiger partial charge < -0.3 is 10.5 Å². The van der Waals surface area contributed by atoms with Crippen LogP contribution in [0, 0.1) is 5.92 Å². The summed E-state index contributed by atoms with van der Waals surface area (Å²) < 4.78 is 10.2. The van der Waals surface area contributed by atoms with Crippen LogP contribution in [0.2, 0.25) is 0 Å². The number of primary amides is 1. The highest BCUT2D eigenvalue weighted by atomic mass is 16.5. The van der Waals surface area contributed by atoms with E-state index in [-0.39, 0.29) is 17.4 Å². The molecule has 0 aliphatic heterocycles. The zero-order valence-electron chi connectivity index (χ0n) is 17.5. The zero-order valence-corrected chi connectivity index (χ0v) is 17.5. The Balaban J connectivity index is 1.49. The summed E-state index contributed by atoms with van der Waals surface area (Å²) in [4.78, 5) is 16.2. The molecule has 8 nitrogen and oxygen atoms in total. The summed E-state index contributed by atoms with van der Waals surface area (Å²) in [6.07, 6.45) is 13.6. The van der Waals surface area contributed by atoms with E-state index in [1.807, 2.05) is 36.2 Å². The lowest BCUT2D eigenvalue weighted by Crippen LogP contribution is -2.46. The number of nitrogens with zero attached hydrogens (tertiary/aromatic N) is 5. The van der Waals surface area contributed by atoms with E-state index in [4.69, 9.17) is 15.5 Å². The minimum Gasteiger partial charge on any atom is -0.470 e. The van der Waals surface area contributed by atoms with Crippen molar-refractivity contribution in [1.82, 2.24) is 24.4 Å². The van der Waals surface area contributed by atoms with Gasteiger partial charge in [0.05, 0.1) is 24.3 Å². The first-order chi connectivity index (χ1) is 14.3. The fourth-order valence-corrected chi connectivity index (χ4v) is 4.38. The maximum Gasteiger partial charge on any atom is 0.244 e. The molecular formula is C22H26N6O2. The molecule has 3 aromatic heterocycles. The number of hydrogen-bond acceptors (Lipinski definition) is 5. The largest absolute Gasteiger partial charge is 0.470 e. The second kappa shape index (κ2) is 6.68. The summed E-state index contributed by atoms with van der Waals surface area (Å²) >= 11 is 0. The average Bonchev–Trinajstić information content (AvgIpc) is 3.27. The number of carbonyl (C=O) groups excluding carboxylic acids is 1. The van der Waals surface area contributed by atoms with Crippen molar-refractivity contribution in [2.24, 2.45) is 18.7 Å². The van der Waals surface area contributed by atoms with E-state index in [1.54, 1.807) is 17.8 Å². The lowest BCUT2D eigenvalue weighted by atomic mass is 9.71. The Morgan fingerprint density at radius 3 is 2.67 bits per heavy atom. The van der Waals surface area contributed by atoms with Crippen LogP contribution in [0.5, 0.6) is 5.88 Å². The third kappa shape index (κ3) is 3.36. The van der Waals surface area contributed by atoms with Gasteiger partial charge in [-0.05, 0) is 51.4 Å². The number of amides is 1. The van der Waals surface area contributed by atoms with Crippen molar-refractivity contribution in [3.63, 3.8) is 0 Å². The van der Waals surface area contributed by atoms with Gasteiger partial charge in [0.25, 0.3) is 0 Å². The van der Waals surface area contributed by atoms with Gasteiger partial charge in [-0.3, -0.25) is 9.48 Å². The zero-order chi connectivity index (χ0) is 21.0. The van der Waals surface area contributed by atoms with Crippen LogP contribution in [0.25, 0.3) is 16.8 Å². The second-order valence-corrected chi connectivity index (χ2v) is 8.94. The maximum absolute atomic E-state index is 11.3. The summed E-state index contributed by atoms with van der Waals surface area (Å²) in [6, 6.07) is 0. The fraction of sp³-hybridized carbons (Fsp3) is 0.455. The summed E-state index contributed by atoms with van der Waals surface area (Å²) in [6.45, 7) is 3.86. The summed E-state index contributed by atoms with van der Waals surface area (Å²) in [7, 11) is 1.88. The molecular weight excluding hydrogens is 380 g/mol. The number of allylic oxidation sites excluding steroid dienone is 1. The average molecular weight is 406 g/mol. The summed E-state index contributed by atoms with van der Waals surface area (Å²) in [5.74, 6) is 1.07. The molecule has 1 amide bonds. The molecule has 0 aromatic carbocycles. The number of aromatic nitrogens is 5. The molecule has 0 saturated heterocycles. The van der Waals surface area contributed by atoms with Crippen LogP contribution in [0.15, 0.2) is 36.4 Å². The molecule has 3 aromatic rings. The summed E-state index contributed by atoms with van der Waals surface area (Å²) in [5, 5.41) is 8.85. The number of hydrogen-bond donors (Lipinski definition) is 1. The van der Waals surface area contributed by atoms with Gasteiger partial charge in [0, 0.05) is 29.9 Å². The number of aryl methyl sites for hydroxylation is 1. The van der Waals surface area contributed by atoms with Gasteiger partial charge in [-0.2, -0.15) is 10.2 Å². The topological polar surface area (TPSA) is 100 Å². The van der Waals surface area contributed by atoms with Crippen LogP contribution in [0.4, 0.5) is 0 Å². The van der Waals surface area contributed by atoms with Gasteiger partial charge >= 0.3 is 0 Å². The van der Waals surface area contributed by atoms with Crippen LogP contribution in [0.3, 0.4) is 0 Å². The van der Waals surface area contributed by atoms with E-state index < -0.39 is 0 Å². The molecule has 2 N–H and O–H groups in total. The minimum absolute atomic E-state index is 0.285. The fourth-order valence-electron chi connectivity index (χ4n) is 4.38. The van der Waals surface area contributed by atoms with Crippen molar-refractivity contribution in [3.8, 4) is 17.1 Å². The standard InChI is InChI=1S/C22H26N6O2/c1-13(20(23)29)6-14-7-22(2,8-14)30-21-19-17(15-4-5-15)10-25-28(19)12-18(26-21)16-9-24-27(3)11-16/h6,9-12,14-15H,4-5,7-8H2,1-3H3,(H2,23,29)/b13-6+. The molecule has 0 bridgehead atoms. The van der Waals surface area contributed by atoms with Crippen molar-refractivity contribution < 1.29 is 9.53 Å². The van der Waals surface area contributed by atoms with Crippen LogP contribution in [0.1, 0.15) is 51.0 Å². The van der Waals surface area contributed by atoms with Crippen LogP contribution in [-0.4, -0.2) is 35.9 Å². The van der Waals surface area contributed by atoms with Gasteiger partial charge in [-0.25, -0.2) is 9.50 Å². The Kier molecular flexibility index (Phi) is 4.20. The smallest absolute Gasteiger partial charge is 0.244 e. The Morgan fingerprint density at radius 1 is 1.27 bits per heavy atom. The molecule has 2 aliphatic carbocycles. The van der Waals surface area contributed by atoms with Crippen molar-refractivity contribution in [2.45, 2.75) is 51.0 Å². The molecule has 0 unspecified atom stereocenters. The van der Waals surface area contributed by atoms with Gasteiger partial charge in [-0.15, -0.1) is 0 Å². The SMILES string of the molecule is C/C(=C\C1CC(C)(Oc2nc(-c3cnn(C)c3)cn3ncc(C4CC4)c23)C1)C(N)=O. The quantitative estimate of drug-likeness (QED) is 0.634. The van der Waals surface area contributed by atoms with E-state index in [0.29, 0.717) is 17.4 Å². The van der Waals surface area contributed by atoms with Crippen molar-refractivity contribution >= 4 is 11.4 Å². The Labute approximate surface area is 174 Å². The molecule has 2 fully saturated rings. The van der Waals surface area contributed by atoms with Crippen LogP contribution in [-0.2, 0) is 11.8 Å². The number of fused-ring (bicyclic) bond motifs is 1. The molecule has 0 spiro atoms. The molecule has 30 heavy (non-hydrogen) atoms. The second-order valence-electron chi connectivity index (χ2n) is 8.94. The van der Waals surface area contributed by atoms with Crippen molar-refractivity contribution in [2.75, 3.05) is 0 Å². The Morgan fingerprint density at radius 2 is 2.03 bits per heavy atom.